The van der Waals surface area contributed by atoms with Crippen molar-refractivity contribution in [2.75, 3.05) is 23.3 Å². The van der Waals surface area contributed by atoms with Gasteiger partial charge in [0.2, 0.25) is 5.82 Å². The number of carbonyl (C=O) groups excluding carboxylic acids is 1. The van der Waals surface area contributed by atoms with Crippen LogP contribution >= 0.6 is 0 Å². The predicted molar refractivity (Wildman–Crippen MR) is 110 cm³/mol. The standard InChI is InChI=1S/C22H18F2N4O2/c23-15-9-8-13(12-16(15)24)25-22(29)20-26-18-14-6-2-3-7-17(14)30-19(18)21(27-20)28-10-4-1-5-11-28/h2-3,6-9,12H,1,4-5,10-11H2,(H,25,29). The Morgan fingerprint density at radius 2 is 1.80 bits per heavy atom. The zero-order valence-corrected chi connectivity index (χ0v) is 16.0. The van der Waals surface area contributed by atoms with Crippen molar-refractivity contribution in [1.82, 2.24) is 9.97 Å². The Kier molecular flexibility index (Phi) is 4.54. The summed E-state index contributed by atoms with van der Waals surface area (Å²) in [5.41, 5.74) is 1.89. The Balaban J connectivity index is 1.61. The molecule has 1 N–H and O–H groups in total. The van der Waals surface area contributed by atoms with Crippen LogP contribution in [0.4, 0.5) is 20.3 Å². The normalized spacial score (nSPS) is 14.4. The molecule has 0 bridgehead atoms. The lowest BCUT2D eigenvalue weighted by molar-refractivity contribution is 0.101. The van der Waals surface area contributed by atoms with E-state index >= 15 is 0 Å². The SMILES string of the molecule is O=C(Nc1ccc(F)c(F)c1)c1nc(N2CCCCC2)c2oc3ccccc3c2n1. The second kappa shape index (κ2) is 7.37. The first-order chi connectivity index (χ1) is 14.6. The molecule has 1 amide bonds. The van der Waals surface area contributed by atoms with E-state index in [1.165, 1.54) is 6.07 Å². The van der Waals surface area contributed by atoms with Crippen LogP contribution in [0.5, 0.6) is 0 Å². The molecule has 1 saturated heterocycles. The highest BCUT2D eigenvalue weighted by atomic mass is 19.2. The van der Waals surface area contributed by atoms with Crippen LogP contribution in [0.3, 0.4) is 0 Å². The molecule has 0 unspecified atom stereocenters. The summed E-state index contributed by atoms with van der Waals surface area (Å²) < 4.78 is 32.7. The number of nitrogens with zero attached hydrogens (tertiary/aromatic N) is 3. The number of nitrogens with one attached hydrogen (secondary N) is 1. The van der Waals surface area contributed by atoms with Gasteiger partial charge in [-0.25, -0.2) is 18.7 Å². The molecule has 1 aliphatic rings. The van der Waals surface area contributed by atoms with Gasteiger partial charge in [0.05, 0.1) is 0 Å². The van der Waals surface area contributed by atoms with E-state index in [2.05, 4.69) is 20.2 Å². The second-order valence-corrected chi connectivity index (χ2v) is 7.28. The quantitative estimate of drug-likeness (QED) is 0.522. The Morgan fingerprint density at radius 3 is 2.60 bits per heavy atom. The zero-order chi connectivity index (χ0) is 20.7. The highest BCUT2D eigenvalue weighted by Crippen LogP contribution is 2.34. The van der Waals surface area contributed by atoms with Crippen molar-refractivity contribution in [3.05, 3.63) is 59.9 Å². The van der Waals surface area contributed by atoms with Crippen LogP contribution in [0, 0.1) is 11.6 Å². The molecule has 6 nitrogen and oxygen atoms in total. The van der Waals surface area contributed by atoms with Crippen molar-refractivity contribution < 1.29 is 18.0 Å². The Labute approximate surface area is 170 Å². The second-order valence-electron chi connectivity index (χ2n) is 7.28. The molecule has 5 rings (SSSR count). The number of hydrogen-bond acceptors (Lipinski definition) is 5. The van der Waals surface area contributed by atoms with Gasteiger partial charge >= 0.3 is 0 Å². The van der Waals surface area contributed by atoms with E-state index in [1.54, 1.807) is 0 Å². The van der Waals surface area contributed by atoms with E-state index < -0.39 is 17.5 Å². The minimum atomic E-state index is -1.04. The van der Waals surface area contributed by atoms with Gasteiger partial charge in [0.15, 0.2) is 23.0 Å². The van der Waals surface area contributed by atoms with E-state index in [0.717, 1.165) is 49.9 Å². The molecule has 2 aromatic heterocycles. The van der Waals surface area contributed by atoms with Gasteiger partial charge in [0.1, 0.15) is 11.1 Å². The number of carbonyl (C=O) groups is 1. The summed E-state index contributed by atoms with van der Waals surface area (Å²) in [7, 11) is 0. The van der Waals surface area contributed by atoms with E-state index in [0.29, 0.717) is 22.5 Å². The number of rotatable bonds is 3. The first-order valence-corrected chi connectivity index (χ1v) is 9.81. The molecule has 2 aromatic carbocycles. The zero-order valence-electron chi connectivity index (χ0n) is 16.0. The molecule has 8 heteroatoms. The molecule has 30 heavy (non-hydrogen) atoms. The number of fused-ring (bicyclic) bond motifs is 3. The summed E-state index contributed by atoms with van der Waals surface area (Å²) in [5, 5.41) is 3.33. The lowest BCUT2D eigenvalue weighted by Crippen LogP contribution is -2.31. The fraction of sp³-hybridized carbons (Fsp3) is 0.227. The number of anilines is 2. The topological polar surface area (TPSA) is 71.3 Å². The molecule has 0 saturated carbocycles. The van der Waals surface area contributed by atoms with Crippen LogP contribution in [0.15, 0.2) is 46.9 Å². The number of hydrogen-bond donors (Lipinski definition) is 1. The fourth-order valence-corrected chi connectivity index (χ4v) is 3.76. The maximum Gasteiger partial charge on any atom is 0.293 e. The predicted octanol–water partition coefficient (Wildman–Crippen LogP) is 4.90. The molecule has 4 aromatic rings. The maximum absolute atomic E-state index is 13.5. The smallest absolute Gasteiger partial charge is 0.293 e. The van der Waals surface area contributed by atoms with Crippen LogP contribution in [-0.2, 0) is 0 Å². The molecule has 0 atom stereocenters. The Morgan fingerprint density at radius 1 is 1.00 bits per heavy atom. The molecule has 0 spiro atoms. The third kappa shape index (κ3) is 3.24. The average molecular weight is 408 g/mol. The third-order valence-electron chi connectivity index (χ3n) is 5.24. The first-order valence-electron chi connectivity index (χ1n) is 9.81. The monoisotopic (exact) mass is 408 g/mol. The lowest BCUT2D eigenvalue weighted by atomic mass is 10.1. The molecule has 1 fully saturated rings. The van der Waals surface area contributed by atoms with Gasteiger partial charge in [-0.05, 0) is 43.5 Å². The van der Waals surface area contributed by atoms with Crippen LogP contribution in [0.1, 0.15) is 29.9 Å². The summed E-state index contributed by atoms with van der Waals surface area (Å²) >= 11 is 0. The van der Waals surface area contributed by atoms with Gasteiger partial charge in [0, 0.05) is 30.2 Å². The van der Waals surface area contributed by atoms with Crippen molar-refractivity contribution in [2.45, 2.75) is 19.3 Å². The number of benzene rings is 2. The lowest BCUT2D eigenvalue weighted by Gasteiger charge is -2.27. The van der Waals surface area contributed by atoms with Crippen molar-refractivity contribution >= 4 is 39.5 Å². The molecular weight excluding hydrogens is 390 g/mol. The Bertz CT molecular complexity index is 1260. The summed E-state index contributed by atoms with van der Waals surface area (Å²) in [5.74, 6) is -2.11. The van der Waals surface area contributed by atoms with Gasteiger partial charge in [-0.3, -0.25) is 4.79 Å². The van der Waals surface area contributed by atoms with Gasteiger partial charge in [-0.15, -0.1) is 0 Å². The van der Waals surface area contributed by atoms with E-state index in [1.807, 2.05) is 24.3 Å². The summed E-state index contributed by atoms with van der Waals surface area (Å²) in [4.78, 5) is 23.9. The molecule has 0 aliphatic carbocycles. The minimum absolute atomic E-state index is 0.0561. The van der Waals surface area contributed by atoms with Gasteiger partial charge in [-0.2, -0.15) is 0 Å². The molecular formula is C22H18F2N4O2. The van der Waals surface area contributed by atoms with Crippen molar-refractivity contribution in [3.63, 3.8) is 0 Å². The van der Waals surface area contributed by atoms with Crippen LogP contribution in [0.25, 0.3) is 22.1 Å². The summed E-state index contributed by atoms with van der Waals surface area (Å²) in [6.07, 6.45) is 3.21. The van der Waals surface area contributed by atoms with Gasteiger partial charge in [0.25, 0.3) is 5.91 Å². The first kappa shape index (κ1) is 18.5. The van der Waals surface area contributed by atoms with Crippen molar-refractivity contribution in [1.29, 1.82) is 0 Å². The number of halogens is 2. The number of furan rings is 1. The van der Waals surface area contributed by atoms with Crippen LogP contribution in [0.2, 0.25) is 0 Å². The molecule has 0 radical (unpaired) electrons. The highest BCUT2D eigenvalue weighted by Gasteiger charge is 2.24. The molecule has 1 aliphatic heterocycles. The minimum Gasteiger partial charge on any atom is -0.450 e. The maximum atomic E-state index is 13.5. The number of aromatic nitrogens is 2. The fourth-order valence-electron chi connectivity index (χ4n) is 3.76. The summed E-state index contributed by atoms with van der Waals surface area (Å²) in [6.45, 7) is 1.63. The van der Waals surface area contributed by atoms with E-state index in [4.69, 9.17) is 4.42 Å². The van der Waals surface area contributed by atoms with E-state index in [-0.39, 0.29) is 11.5 Å². The van der Waals surface area contributed by atoms with Crippen molar-refractivity contribution in [2.24, 2.45) is 0 Å². The average Bonchev–Trinajstić information content (AvgIpc) is 3.15. The largest absolute Gasteiger partial charge is 0.450 e. The number of piperidine rings is 1. The van der Waals surface area contributed by atoms with Crippen LogP contribution < -0.4 is 10.2 Å². The molecule has 152 valence electrons. The third-order valence-corrected chi connectivity index (χ3v) is 5.24. The van der Waals surface area contributed by atoms with Gasteiger partial charge < -0.3 is 14.6 Å². The van der Waals surface area contributed by atoms with Crippen molar-refractivity contribution in [3.8, 4) is 0 Å². The number of amides is 1. The van der Waals surface area contributed by atoms with E-state index in [9.17, 15) is 13.6 Å². The van der Waals surface area contributed by atoms with Crippen LogP contribution in [-0.4, -0.2) is 29.0 Å². The highest BCUT2D eigenvalue weighted by molar-refractivity contribution is 6.09. The number of para-hydroxylation sites is 1. The molecule has 3 heterocycles. The Hall–Kier alpha value is -3.55. The summed E-state index contributed by atoms with van der Waals surface area (Å²) in [6, 6.07) is 10.6. The van der Waals surface area contributed by atoms with Gasteiger partial charge in [-0.1, -0.05) is 12.1 Å².